The molecule has 3 atom stereocenters. The van der Waals surface area contributed by atoms with Crippen molar-refractivity contribution in [3.63, 3.8) is 0 Å². The van der Waals surface area contributed by atoms with Gasteiger partial charge in [-0.3, -0.25) is 4.90 Å². The molecule has 2 aliphatic heterocycles. The van der Waals surface area contributed by atoms with Gasteiger partial charge in [-0.2, -0.15) is 0 Å². The highest BCUT2D eigenvalue weighted by molar-refractivity contribution is 5.21. The van der Waals surface area contributed by atoms with E-state index in [9.17, 15) is 8.78 Å². The zero-order valence-corrected chi connectivity index (χ0v) is 11.2. The quantitative estimate of drug-likeness (QED) is 0.905. The molecule has 3 rings (SSSR count). The molecule has 0 bridgehead atoms. The lowest BCUT2D eigenvalue weighted by Gasteiger charge is -2.25. The summed E-state index contributed by atoms with van der Waals surface area (Å²) in [6.45, 7) is 4.32. The molecular formula is C15H20F2N2. The summed E-state index contributed by atoms with van der Waals surface area (Å²) in [6.07, 6.45) is 3.64. The Labute approximate surface area is 112 Å². The minimum Gasteiger partial charge on any atom is -0.306 e. The van der Waals surface area contributed by atoms with Gasteiger partial charge >= 0.3 is 0 Å². The van der Waals surface area contributed by atoms with E-state index in [1.807, 2.05) is 6.92 Å². The lowest BCUT2D eigenvalue weighted by Crippen LogP contribution is -2.40. The number of nitrogens with one attached hydrogen (secondary N) is 1. The summed E-state index contributed by atoms with van der Waals surface area (Å²) in [7, 11) is 0. The van der Waals surface area contributed by atoms with Crippen LogP contribution < -0.4 is 5.32 Å². The second-order valence-electron chi connectivity index (χ2n) is 5.73. The largest absolute Gasteiger partial charge is 0.306 e. The predicted molar refractivity (Wildman–Crippen MR) is 70.9 cm³/mol. The molecule has 0 amide bonds. The van der Waals surface area contributed by atoms with Gasteiger partial charge in [-0.15, -0.1) is 0 Å². The Morgan fingerprint density at radius 3 is 2.63 bits per heavy atom. The standard InChI is InChI=1S/C15H20F2N2/c1-10(11-7-12(16)9-13(17)8-11)18-14-4-6-19-5-2-3-15(14)19/h7-10,14-15,18H,2-6H2,1H3. The zero-order chi connectivity index (χ0) is 13.4. The van der Waals surface area contributed by atoms with Crippen LogP contribution in [0.4, 0.5) is 8.78 Å². The SMILES string of the molecule is CC(NC1CCN2CCCC12)c1cc(F)cc(F)c1. The third kappa shape index (κ3) is 2.65. The summed E-state index contributed by atoms with van der Waals surface area (Å²) in [4.78, 5) is 2.52. The number of rotatable bonds is 3. The highest BCUT2D eigenvalue weighted by atomic mass is 19.1. The first kappa shape index (κ1) is 13.0. The normalized spacial score (nSPS) is 28.6. The van der Waals surface area contributed by atoms with Crippen molar-refractivity contribution in [2.45, 2.75) is 44.3 Å². The Balaban J connectivity index is 1.69. The second-order valence-corrected chi connectivity index (χ2v) is 5.73. The molecule has 104 valence electrons. The van der Waals surface area contributed by atoms with Crippen molar-refractivity contribution in [1.82, 2.24) is 10.2 Å². The molecule has 1 aromatic carbocycles. The van der Waals surface area contributed by atoms with Gasteiger partial charge in [0.15, 0.2) is 0 Å². The Hall–Kier alpha value is -1.00. The van der Waals surface area contributed by atoms with E-state index >= 15 is 0 Å². The minimum atomic E-state index is -0.502. The van der Waals surface area contributed by atoms with Crippen LogP contribution in [0.3, 0.4) is 0 Å². The van der Waals surface area contributed by atoms with Crippen molar-refractivity contribution in [2.24, 2.45) is 0 Å². The van der Waals surface area contributed by atoms with Crippen molar-refractivity contribution < 1.29 is 8.78 Å². The van der Waals surface area contributed by atoms with E-state index in [2.05, 4.69) is 10.2 Å². The van der Waals surface area contributed by atoms with Crippen LogP contribution in [0, 0.1) is 11.6 Å². The van der Waals surface area contributed by atoms with Gasteiger partial charge < -0.3 is 5.32 Å². The summed E-state index contributed by atoms with van der Waals surface area (Å²) in [6, 6.07) is 4.80. The molecule has 1 aromatic rings. The maximum atomic E-state index is 13.2. The van der Waals surface area contributed by atoms with Crippen LogP contribution in [0.25, 0.3) is 0 Å². The molecule has 0 spiro atoms. The van der Waals surface area contributed by atoms with Gasteiger partial charge in [-0.05, 0) is 50.4 Å². The highest BCUT2D eigenvalue weighted by Gasteiger charge is 2.37. The number of benzene rings is 1. The van der Waals surface area contributed by atoms with Gasteiger partial charge in [-0.1, -0.05) is 0 Å². The van der Waals surface area contributed by atoms with Crippen LogP contribution in [-0.2, 0) is 0 Å². The molecule has 4 heteroatoms. The highest BCUT2D eigenvalue weighted by Crippen LogP contribution is 2.29. The minimum absolute atomic E-state index is 0.0178. The van der Waals surface area contributed by atoms with E-state index in [-0.39, 0.29) is 6.04 Å². The first-order valence-corrected chi connectivity index (χ1v) is 7.09. The van der Waals surface area contributed by atoms with Crippen molar-refractivity contribution >= 4 is 0 Å². The molecular weight excluding hydrogens is 246 g/mol. The van der Waals surface area contributed by atoms with Crippen LogP contribution in [0.2, 0.25) is 0 Å². The van der Waals surface area contributed by atoms with Crippen LogP contribution in [-0.4, -0.2) is 30.1 Å². The number of hydrogen-bond acceptors (Lipinski definition) is 2. The van der Waals surface area contributed by atoms with Gasteiger partial charge in [0.25, 0.3) is 0 Å². The average molecular weight is 266 g/mol. The molecule has 0 aromatic heterocycles. The van der Waals surface area contributed by atoms with Crippen molar-refractivity contribution in [2.75, 3.05) is 13.1 Å². The number of nitrogens with zero attached hydrogens (tertiary/aromatic N) is 1. The number of hydrogen-bond donors (Lipinski definition) is 1. The van der Waals surface area contributed by atoms with E-state index in [1.165, 1.54) is 31.5 Å². The van der Waals surface area contributed by atoms with Crippen molar-refractivity contribution in [1.29, 1.82) is 0 Å². The number of halogens is 2. The number of fused-ring (bicyclic) bond motifs is 1. The zero-order valence-electron chi connectivity index (χ0n) is 11.2. The molecule has 2 nitrogen and oxygen atoms in total. The summed E-state index contributed by atoms with van der Waals surface area (Å²) in [5.41, 5.74) is 0.689. The Kier molecular flexibility index (Phi) is 3.54. The molecule has 0 radical (unpaired) electrons. The topological polar surface area (TPSA) is 15.3 Å². The Morgan fingerprint density at radius 2 is 1.89 bits per heavy atom. The summed E-state index contributed by atoms with van der Waals surface area (Å²) >= 11 is 0. The summed E-state index contributed by atoms with van der Waals surface area (Å²) in [5.74, 6) is -1.00. The van der Waals surface area contributed by atoms with Gasteiger partial charge in [0.05, 0.1) is 0 Å². The first-order chi connectivity index (χ1) is 9.13. The smallest absolute Gasteiger partial charge is 0.126 e. The Bertz CT molecular complexity index is 443. The summed E-state index contributed by atoms with van der Waals surface area (Å²) in [5, 5.41) is 3.55. The monoisotopic (exact) mass is 266 g/mol. The molecule has 0 aliphatic carbocycles. The average Bonchev–Trinajstić information content (AvgIpc) is 2.92. The fraction of sp³-hybridized carbons (Fsp3) is 0.600. The van der Waals surface area contributed by atoms with E-state index < -0.39 is 11.6 Å². The van der Waals surface area contributed by atoms with Crippen LogP contribution in [0.5, 0.6) is 0 Å². The molecule has 2 aliphatic rings. The first-order valence-electron chi connectivity index (χ1n) is 7.09. The molecule has 1 N–H and O–H groups in total. The van der Waals surface area contributed by atoms with Gasteiger partial charge in [0, 0.05) is 30.7 Å². The van der Waals surface area contributed by atoms with E-state index in [1.54, 1.807) is 0 Å². The van der Waals surface area contributed by atoms with Gasteiger partial charge in [0.1, 0.15) is 11.6 Å². The maximum Gasteiger partial charge on any atom is 0.126 e. The molecule has 3 unspecified atom stereocenters. The third-order valence-corrected chi connectivity index (χ3v) is 4.45. The fourth-order valence-corrected chi connectivity index (χ4v) is 3.52. The van der Waals surface area contributed by atoms with Crippen LogP contribution >= 0.6 is 0 Å². The van der Waals surface area contributed by atoms with Gasteiger partial charge in [-0.25, -0.2) is 8.78 Å². The van der Waals surface area contributed by atoms with Gasteiger partial charge in [0.2, 0.25) is 0 Å². The van der Waals surface area contributed by atoms with E-state index in [0.717, 1.165) is 19.0 Å². The van der Waals surface area contributed by atoms with Crippen LogP contribution in [0.1, 0.15) is 37.8 Å². The summed E-state index contributed by atoms with van der Waals surface area (Å²) < 4.78 is 26.5. The maximum absolute atomic E-state index is 13.2. The molecule has 19 heavy (non-hydrogen) atoms. The van der Waals surface area contributed by atoms with E-state index in [4.69, 9.17) is 0 Å². The fourth-order valence-electron chi connectivity index (χ4n) is 3.52. The van der Waals surface area contributed by atoms with E-state index in [0.29, 0.717) is 17.6 Å². The van der Waals surface area contributed by atoms with Crippen molar-refractivity contribution in [3.8, 4) is 0 Å². The van der Waals surface area contributed by atoms with Crippen molar-refractivity contribution in [3.05, 3.63) is 35.4 Å². The molecule has 2 heterocycles. The molecule has 2 fully saturated rings. The lowest BCUT2D eigenvalue weighted by molar-refractivity contribution is 0.291. The molecule has 2 saturated heterocycles. The lowest BCUT2D eigenvalue weighted by atomic mass is 10.0. The second kappa shape index (κ2) is 5.17. The van der Waals surface area contributed by atoms with Crippen LogP contribution in [0.15, 0.2) is 18.2 Å². The molecule has 0 saturated carbocycles. The third-order valence-electron chi connectivity index (χ3n) is 4.45. The predicted octanol–water partition coefficient (Wildman–Crippen LogP) is 2.85. The Morgan fingerprint density at radius 1 is 1.16 bits per heavy atom.